The lowest BCUT2D eigenvalue weighted by Crippen LogP contribution is -1.78. The van der Waals surface area contributed by atoms with Gasteiger partial charge in [-0.25, -0.2) is 0 Å². The molecule has 0 amide bonds. The van der Waals surface area contributed by atoms with Crippen molar-refractivity contribution in [1.82, 2.24) is 0 Å². The van der Waals surface area contributed by atoms with E-state index in [2.05, 4.69) is 28.2 Å². The number of phenolic OH excluding ortho intramolecular Hbond substituents is 1. The molecule has 13 heavy (non-hydrogen) atoms. The first kappa shape index (κ1) is 9.03. The van der Waals surface area contributed by atoms with Crippen molar-refractivity contribution in [1.29, 1.82) is 0 Å². The number of aryl methyl sites for hydroxylation is 1. The Bertz CT molecular complexity index is 447. The predicted octanol–water partition coefficient (Wildman–Crippen LogP) is 3.81. The molecule has 0 radical (unpaired) electrons. The van der Waals surface area contributed by atoms with E-state index in [-0.39, 0.29) is 0 Å². The van der Waals surface area contributed by atoms with Crippen molar-refractivity contribution in [2.75, 3.05) is 0 Å². The Morgan fingerprint density at radius 1 is 1.46 bits per heavy atom. The van der Waals surface area contributed by atoms with Gasteiger partial charge in [0, 0.05) is 10.0 Å². The number of rotatable bonds is 1. The van der Waals surface area contributed by atoms with Gasteiger partial charge in [0.2, 0.25) is 0 Å². The highest BCUT2D eigenvalue weighted by Gasteiger charge is 2.06. The van der Waals surface area contributed by atoms with E-state index >= 15 is 0 Å². The predicted molar refractivity (Wildman–Crippen MR) is 60.9 cm³/mol. The molecule has 1 aromatic heterocycles. The zero-order valence-corrected chi connectivity index (χ0v) is 9.58. The molecule has 0 spiro atoms. The van der Waals surface area contributed by atoms with Gasteiger partial charge in [-0.05, 0) is 40.9 Å². The minimum atomic E-state index is 0.350. The van der Waals surface area contributed by atoms with Gasteiger partial charge >= 0.3 is 0 Å². The third-order valence-corrected chi connectivity index (χ3v) is 3.87. The number of fused-ring (bicyclic) bond motifs is 1. The Balaban J connectivity index is 2.84. The number of alkyl halides is 1. The smallest absolute Gasteiger partial charge is 0.116 e. The summed E-state index contributed by atoms with van der Waals surface area (Å²) in [5, 5.41) is 13.5. The highest BCUT2D eigenvalue weighted by atomic mass is 79.9. The number of thiophene rings is 1. The molecule has 0 aliphatic carbocycles. The van der Waals surface area contributed by atoms with E-state index in [1.54, 1.807) is 11.3 Å². The van der Waals surface area contributed by atoms with Gasteiger partial charge in [-0.1, -0.05) is 15.9 Å². The van der Waals surface area contributed by atoms with Crippen LogP contribution in [0, 0.1) is 6.92 Å². The summed E-state index contributed by atoms with van der Waals surface area (Å²) in [5.41, 5.74) is 2.39. The first-order chi connectivity index (χ1) is 6.22. The minimum Gasteiger partial charge on any atom is -0.508 e. The summed E-state index contributed by atoms with van der Waals surface area (Å²) in [6.45, 7) is 2.07. The van der Waals surface area contributed by atoms with E-state index in [1.165, 1.54) is 15.6 Å². The summed E-state index contributed by atoms with van der Waals surface area (Å²) in [4.78, 5) is 0. The minimum absolute atomic E-state index is 0.350. The van der Waals surface area contributed by atoms with Gasteiger partial charge < -0.3 is 5.11 Å². The monoisotopic (exact) mass is 256 g/mol. The van der Waals surface area contributed by atoms with E-state index in [0.29, 0.717) is 5.75 Å². The summed E-state index contributed by atoms with van der Waals surface area (Å²) in [5.74, 6) is 0.350. The average Bonchev–Trinajstić information content (AvgIpc) is 2.47. The highest BCUT2D eigenvalue weighted by molar-refractivity contribution is 9.08. The van der Waals surface area contributed by atoms with Gasteiger partial charge in [-0.2, -0.15) is 0 Å². The normalized spacial score (nSPS) is 10.9. The maximum Gasteiger partial charge on any atom is 0.116 e. The molecule has 0 atom stereocenters. The van der Waals surface area contributed by atoms with E-state index in [9.17, 15) is 5.11 Å². The number of benzene rings is 1. The molecular weight excluding hydrogens is 248 g/mol. The Labute approximate surface area is 89.1 Å². The number of phenols is 1. The van der Waals surface area contributed by atoms with Crippen LogP contribution in [0.25, 0.3) is 10.1 Å². The molecule has 0 fully saturated rings. The Morgan fingerprint density at radius 3 is 2.92 bits per heavy atom. The van der Waals surface area contributed by atoms with Crippen LogP contribution in [-0.2, 0) is 5.33 Å². The maximum absolute atomic E-state index is 9.47. The van der Waals surface area contributed by atoms with Gasteiger partial charge in [0.15, 0.2) is 0 Å². The molecule has 3 heteroatoms. The van der Waals surface area contributed by atoms with Crippen molar-refractivity contribution < 1.29 is 5.11 Å². The molecule has 68 valence electrons. The van der Waals surface area contributed by atoms with Crippen molar-refractivity contribution in [3.8, 4) is 5.75 Å². The lowest BCUT2D eigenvalue weighted by atomic mass is 10.1. The van der Waals surface area contributed by atoms with Crippen LogP contribution in [-0.4, -0.2) is 5.11 Å². The number of hydrogen-bond acceptors (Lipinski definition) is 2. The average molecular weight is 257 g/mol. The molecule has 1 heterocycles. The zero-order chi connectivity index (χ0) is 9.42. The fourth-order valence-corrected chi connectivity index (χ4v) is 3.09. The van der Waals surface area contributed by atoms with Crippen LogP contribution in [0.2, 0.25) is 0 Å². The molecule has 2 rings (SSSR count). The lowest BCUT2D eigenvalue weighted by molar-refractivity contribution is 0.476. The van der Waals surface area contributed by atoms with Gasteiger partial charge in [-0.15, -0.1) is 11.3 Å². The van der Waals surface area contributed by atoms with E-state index < -0.39 is 0 Å². The van der Waals surface area contributed by atoms with Crippen LogP contribution in [0.5, 0.6) is 5.75 Å². The van der Waals surface area contributed by atoms with Crippen LogP contribution in [0.1, 0.15) is 11.1 Å². The van der Waals surface area contributed by atoms with E-state index in [4.69, 9.17) is 0 Å². The molecule has 0 saturated heterocycles. The molecule has 0 unspecified atom stereocenters. The third-order valence-electron chi connectivity index (χ3n) is 2.07. The molecule has 1 N–H and O–H groups in total. The Kier molecular flexibility index (Phi) is 2.30. The van der Waals surface area contributed by atoms with Crippen LogP contribution in [0.15, 0.2) is 17.5 Å². The van der Waals surface area contributed by atoms with Crippen LogP contribution >= 0.6 is 27.3 Å². The summed E-state index contributed by atoms with van der Waals surface area (Å²) in [6, 6.07) is 3.64. The fourth-order valence-electron chi connectivity index (χ4n) is 1.41. The van der Waals surface area contributed by atoms with Crippen LogP contribution in [0.4, 0.5) is 0 Å². The summed E-state index contributed by atoms with van der Waals surface area (Å²) in [6.07, 6.45) is 0. The maximum atomic E-state index is 9.47. The van der Waals surface area contributed by atoms with Crippen molar-refractivity contribution in [3.63, 3.8) is 0 Å². The SMILES string of the molecule is Cc1csc2c(CBr)cc(O)cc12. The van der Waals surface area contributed by atoms with Gasteiger partial charge in [0.05, 0.1) is 0 Å². The largest absolute Gasteiger partial charge is 0.508 e. The number of aromatic hydroxyl groups is 1. The fraction of sp³-hybridized carbons (Fsp3) is 0.200. The number of hydrogen-bond donors (Lipinski definition) is 1. The summed E-state index contributed by atoms with van der Waals surface area (Å²) >= 11 is 5.15. The molecule has 0 saturated carbocycles. The second-order valence-corrected chi connectivity index (χ2v) is 4.47. The number of halogens is 1. The molecule has 1 nitrogen and oxygen atoms in total. The Morgan fingerprint density at radius 2 is 2.23 bits per heavy atom. The molecule has 1 aromatic carbocycles. The topological polar surface area (TPSA) is 20.2 Å². The quantitative estimate of drug-likeness (QED) is 0.770. The lowest BCUT2D eigenvalue weighted by Gasteiger charge is -2.00. The standard InChI is InChI=1S/C10H9BrOS/c1-6-5-13-10-7(4-11)2-8(12)3-9(6)10/h2-3,5,12H,4H2,1H3. The summed E-state index contributed by atoms with van der Waals surface area (Å²) < 4.78 is 1.27. The molecule has 0 bridgehead atoms. The second kappa shape index (κ2) is 3.31. The van der Waals surface area contributed by atoms with Gasteiger partial charge in [0.1, 0.15) is 5.75 Å². The van der Waals surface area contributed by atoms with Crippen molar-refractivity contribution >= 4 is 37.4 Å². The molecule has 0 aliphatic rings. The third kappa shape index (κ3) is 1.46. The van der Waals surface area contributed by atoms with Gasteiger partial charge in [-0.3, -0.25) is 0 Å². The zero-order valence-electron chi connectivity index (χ0n) is 7.17. The van der Waals surface area contributed by atoms with E-state index in [0.717, 1.165) is 10.9 Å². The van der Waals surface area contributed by atoms with E-state index in [1.807, 2.05) is 12.1 Å². The van der Waals surface area contributed by atoms with Crippen LogP contribution in [0.3, 0.4) is 0 Å². The Hall–Kier alpha value is -0.540. The summed E-state index contributed by atoms with van der Waals surface area (Å²) in [7, 11) is 0. The van der Waals surface area contributed by atoms with Crippen molar-refractivity contribution in [3.05, 3.63) is 28.6 Å². The first-order valence-corrected chi connectivity index (χ1v) is 5.98. The van der Waals surface area contributed by atoms with Crippen molar-refractivity contribution in [2.24, 2.45) is 0 Å². The molecular formula is C10H9BrOS. The van der Waals surface area contributed by atoms with Crippen molar-refractivity contribution in [2.45, 2.75) is 12.3 Å². The highest BCUT2D eigenvalue weighted by Crippen LogP contribution is 2.33. The van der Waals surface area contributed by atoms with Crippen LogP contribution < -0.4 is 0 Å². The van der Waals surface area contributed by atoms with Gasteiger partial charge in [0.25, 0.3) is 0 Å². The first-order valence-electron chi connectivity index (χ1n) is 3.98. The molecule has 2 aromatic rings. The molecule has 0 aliphatic heterocycles. The second-order valence-electron chi connectivity index (χ2n) is 3.03.